The maximum atomic E-state index is 13.2. The molecule has 1 aliphatic carbocycles. The van der Waals surface area contributed by atoms with E-state index in [9.17, 15) is 9.59 Å². The third-order valence-electron chi connectivity index (χ3n) is 6.01. The summed E-state index contributed by atoms with van der Waals surface area (Å²) in [7, 11) is 0. The van der Waals surface area contributed by atoms with Crippen LogP contribution in [-0.2, 0) is 17.9 Å². The predicted molar refractivity (Wildman–Crippen MR) is 110 cm³/mol. The Balaban J connectivity index is 1.49. The molecule has 2 heterocycles. The summed E-state index contributed by atoms with van der Waals surface area (Å²) in [5.74, 6) is 0.0871. The van der Waals surface area contributed by atoms with E-state index in [0.29, 0.717) is 25.2 Å². The second-order valence-corrected chi connectivity index (χ2v) is 7.86. The first-order valence-electron chi connectivity index (χ1n) is 10.0. The Kier molecular flexibility index (Phi) is 4.52. The number of aromatic nitrogens is 1. The number of nitrogens with one attached hydrogen (secondary N) is 1. The minimum absolute atomic E-state index is 0.0238. The van der Waals surface area contributed by atoms with Crippen LogP contribution in [0.4, 0.5) is 0 Å². The summed E-state index contributed by atoms with van der Waals surface area (Å²) >= 11 is 0. The molecule has 2 aliphatic rings. The van der Waals surface area contributed by atoms with Crippen LogP contribution in [0, 0.1) is 0 Å². The van der Waals surface area contributed by atoms with Crippen molar-refractivity contribution in [1.82, 2.24) is 14.8 Å². The first-order valence-corrected chi connectivity index (χ1v) is 10.0. The maximum Gasteiger partial charge on any atom is 0.268 e. The molecule has 0 unspecified atom stereocenters. The molecule has 0 spiro atoms. The Morgan fingerprint density at radius 3 is 2.10 bits per heavy atom. The number of fused-ring (bicyclic) bond motifs is 3. The predicted octanol–water partition coefficient (Wildman–Crippen LogP) is 3.19. The number of hydrogen-bond acceptors (Lipinski definition) is 3. The lowest BCUT2D eigenvalue weighted by atomic mass is 10.0. The van der Waals surface area contributed by atoms with Gasteiger partial charge < -0.3 is 9.88 Å². The molecule has 5 heteroatoms. The zero-order chi connectivity index (χ0) is 19.8. The van der Waals surface area contributed by atoms with Gasteiger partial charge in [0.05, 0.1) is 18.1 Å². The van der Waals surface area contributed by atoms with Crippen molar-refractivity contribution in [1.29, 1.82) is 0 Å². The quantitative estimate of drug-likeness (QED) is 0.734. The van der Waals surface area contributed by atoms with Gasteiger partial charge in [-0.1, -0.05) is 60.7 Å². The molecular weight excluding hydrogens is 362 g/mol. The van der Waals surface area contributed by atoms with Crippen LogP contribution in [0.15, 0.2) is 79.0 Å². The highest BCUT2D eigenvalue weighted by Crippen LogP contribution is 2.36. The second-order valence-electron chi connectivity index (χ2n) is 7.86. The average molecular weight is 385 g/mol. The largest absolute Gasteiger partial charge is 0.344 e. The fourth-order valence-corrected chi connectivity index (χ4v) is 4.73. The Hall–Kier alpha value is -3.18. The van der Waals surface area contributed by atoms with Crippen molar-refractivity contribution >= 4 is 11.7 Å². The number of rotatable bonds is 5. The van der Waals surface area contributed by atoms with Crippen LogP contribution in [0.1, 0.15) is 34.1 Å². The fourth-order valence-electron chi connectivity index (χ4n) is 4.73. The highest BCUT2D eigenvalue weighted by Gasteiger charge is 2.49. The van der Waals surface area contributed by atoms with Crippen molar-refractivity contribution in [3.05, 3.63) is 95.8 Å². The van der Waals surface area contributed by atoms with E-state index < -0.39 is 0 Å². The van der Waals surface area contributed by atoms with Crippen molar-refractivity contribution in [3.63, 3.8) is 0 Å². The molecule has 0 saturated heterocycles. The molecule has 1 amide bonds. The lowest BCUT2D eigenvalue weighted by Gasteiger charge is -2.37. The summed E-state index contributed by atoms with van der Waals surface area (Å²) in [5.41, 5.74) is 2.95. The zero-order valence-corrected chi connectivity index (χ0v) is 16.1. The van der Waals surface area contributed by atoms with Gasteiger partial charge in [-0.3, -0.25) is 14.5 Å². The van der Waals surface area contributed by atoms with Gasteiger partial charge in [0.1, 0.15) is 5.69 Å². The van der Waals surface area contributed by atoms with Gasteiger partial charge in [0, 0.05) is 25.7 Å². The van der Waals surface area contributed by atoms with Gasteiger partial charge in [-0.05, 0) is 23.3 Å². The molecule has 5 rings (SSSR count). The fraction of sp³-hybridized carbons (Fsp3) is 0.250. The normalized spacial score (nSPS) is 23.0. The van der Waals surface area contributed by atoms with Gasteiger partial charge in [-0.25, -0.2) is 0 Å². The van der Waals surface area contributed by atoms with Crippen LogP contribution >= 0.6 is 0 Å². The molecule has 1 saturated carbocycles. The molecule has 2 aromatic carbocycles. The summed E-state index contributed by atoms with van der Waals surface area (Å²) in [6.45, 7) is 1.31. The van der Waals surface area contributed by atoms with Gasteiger partial charge in [0.15, 0.2) is 5.78 Å². The van der Waals surface area contributed by atoms with Gasteiger partial charge in [-0.2, -0.15) is 0 Å². The molecule has 146 valence electrons. The van der Waals surface area contributed by atoms with E-state index >= 15 is 0 Å². The monoisotopic (exact) mass is 385 g/mol. The number of hydrogen-bond donors (Lipinski definition) is 1. The van der Waals surface area contributed by atoms with Crippen LogP contribution in [0.3, 0.4) is 0 Å². The molecule has 0 bridgehead atoms. The minimum Gasteiger partial charge on any atom is -0.344 e. The number of Topliss-reactive ketones (excluding diaryl/α,β-unsaturated/α-hetero) is 1. The topological polar surface area (TPSA) is 54.3 Å². The molecule has 1 fully saturated rings. The molecule has 3 aromatic rings. The van der Waals surface area contributed by atoms with Crippen molar-refractivity contribution in [2.45, 2.75) is 37.6 Å². The van der Waals surface area contributed by atoms with E-state index in [4.69, 9.17) is 0 Å². The highest BCUT2D eigenvalue weighted by molar-refractivity contribution is 5.97. The van der Waals surface area contributed by atoms with Crippen molar-refractivity contribution < 1.29 is 9.59 Å². The average Bonchev–Trinajstić information content (AvgIpc) is 3.34. The van der Waals surface area contributed by atoms with Crippen LogP contribution < -0.4 is 5.32 Å². The number of carbonyl (C=O) groups excluding carboxylic acids is 2. The van der Waals surface area contributed by atoms with Crippen LogP contribution in [-0.4, -0.2) is 33.2 Å². The molecule has 1 aliphatic heterocycles. The lowest BCUT2D eigenvalue weighted by molar-refractivity contribution is -0.122. The third kappa shape index (κ3) is 3.28. The van der Waals surface area contributed by atoms with E-state index in [2.05, 4.69) is 34.5 Å². The maximum absolute atomic E-state index is 13.2. The lowest BCUT2D eigenvalue weighted by Crippen LogP contribution is -2.55. The number of benzene rings is 2. The summed E-state index contributed by atoms with van der Waals surface area (Å²) in [4.78, 5) is 28.0. The van der Waals surface area contributed by atoms with E-state index in [1.54, 1.807) is 0 Å². The van der Waals surface area contributed by atoms with Gasteiger partial charge in [-0.15, -0.1) is 0 Å². The zero-order valence-electron chi connectivity index (χ0n) is 16.1. The molecule has 1 aromatic heterocycles. The second kappa shape index (κ2) is 7.33. The molecule has 29 heavy (non-hydrogen) atoms. The van der Waals surface area contributed by atoms with Crippen LogP contribution in [0.25, 0.3) is 0 Å². The number of ketones is 1. The number of carbonyl (C=O) groups is 2. The van der Waals surface area contributed by atoms with Crippen molar-refractivity contribution in [2.24, 2.45) is 0 Å². The minimum atomic E-state index is -0.347. The van der Waals surface area contributed by atoms with Crippen molar-refractivity contribution in [2.75, 3.05) is 0 Å². The molecule has 3 atom stereocenters. The van der Waals surface area contributed by atoms with Gasteiger partial charge in [0.25, 0.3) is 5.91 Å². The molecule has 5 nitrogen and oxygen atoms in total. The third-order valence-corrected chi connectivity index (χ3v) is 6.01. The highest BCUT2D eigenvalue weighted by atomic mass is 16.2. The Bertz CT molecular complexity index is 987. The van der Waals surface area contributed by atoms with Gasteiger partial charge in [0.2, 0.25) is 0 Å². The first kappa shape index (κ1) is 17.9. The van der Waals surface area contributed by atoms with E-state index in [0.717, 1.165) is 11.1 Å². The number of amides is 1. The standard InChI is InChI=1S/C24H23N3O2/c28-21-14-20-22(25-24(29)19-12-7-13-27(19)20)23(21)26(15-17-8-3-1-4-9-17)16-18-10-5-2-6-11-18/h1-13,20,22-23H,14-16H2,(H,25,29)/t20-,22-,23-/m1/s1. The Morgan fingerprint density at radius 1 is 0.862 bits per heavy atom. The smallest absolute Gasteiger partial charge is 0.268 e. The van der Waals surface area contributed by atoms with E-state index in [1.807, 2.05) is 59.3 Å². The summed E-state index contributed by atoms with van der Waals surface area (Å²) < 4.78 is 1.98. The summed E-state index contributed by atoms with van der Waals surface area (Å²) in [5, 5.41) is 3.13. The molecule has 0 radical (unpaired) electrons. The van der Waals surface area contributed by atoms with Crippen LogP contribution in [0.2, 0.25) is 0 Å². The van der Waals surface area contributed by atoms with Gasteiger partial charge >= 0.3 is 0 Å². The number of nitrogens with zero attached hydrogens (tertiary/aromatic N) is 2. The van der Waals surface area contributed by atoms with Crippen LogP contribution in [0.5, 0.6) is 0 Å². The first-order chi connectivity index (χ1) is 14.2. The van der Waals surface area contributed by atoms with Crippen molar-refractivity contribution in [3.8, 4) is 0 Å². The summed E-state index contributed by atoms with van der Waals surface area (Å²) in [6, 6.07) is 23.5. The Labute approximate surface area is 170 Å². The molecular formula is C24H23N3O2. The van der Waals surface area contributed by atoms with E-state index in [1.165, 1.54) is 0 Å². The SMILES string of the molecule is O=C1N[C@H]2[C@H](N(Cc3ccccc3)Cc3ccccc3)C(=O)C[C@H]2n2cccc21. The Morgan fingerprint density at radius 2 is 1.48 bits per heavy atom. The summed E-state index contributed by atoms with van der Waals surface area (Å²) in [6.07, 6.45) is 2.36. The van der Waals surface area contributed by atoms with E-state index in [-0.39, 0.29) is 29.8 Å². The molecule has 1 N–H and O–H groups in total.